The van der Waals surface area contributed by atoms with Crippen LogP contribution >= 0.6 is 23.2 Å². The van der Waals surface area contributed by atoms with Gasteiger partial charge < -0.3 is 10.0 Å². The lowest BCUT2D eigenvalue weighted by Crippen LogP contribution is -2.28. The summed E-state index contributed by atoms with van der Waals surface area (Å²) >= 11 is 11.9. The normalized spacial score (nSPS) is 18.7. The first-order valence-electron chi connectivity index (χ1n) is 6.13. The minimum atomic E-state index is -0.859. The molecule has 0 saturated carbocycles. The van der Waals surface area contributed by atoms with Gasteiger partial charge in [0.2, 0.25) is 5.91 Å². The number of carboxylic acids is 1. The van der Waals surface area contributed by atoms with Crippen LogP contribution in [0.1, 0.15) is 12.0 Å². The van der Waals surface area contributed by atoms with Gasteiger partial charge in [0.05, 0.1) is 16.0 Å². The van der Waals surface area contributed by atoms with E-state index in [1.807, 2.05) is 0 Å². The Balaban J connectivity index is 2.03. The standard InChI is InChI=1S/C14H13Cl2NO3/c15-11-3-1-2-9(13(11)16)4-5-12(18)17-7-6-10(8-17)14(19)20/h1-5,10H,6-8H2,(H,19,20). The molecule has 0 spiro atoms. The molecule has 2 rings (SSSR count). The molecule has 1 N–H and O–H groups in total. The number of benzene rings is 1. The lowest BCUT2D eigenvalue weighted by molar-refractivity contribution is -0.141. The van der Waals surface area contributed by atoms with Crippen LogP contribution in [-0.2, 0) is 9.59 Å². The molecule has 1 aromatic rings. The summed E-state index contributed by atoms with van der Waals surface area (Å²) in [5.74, 6) is -1.55. The molecule has 0 aliphatic carbocycles. The van der Waals surface area contributed by atoms with Gasteiger partial charge in [-0.05, 0) is 24.1 Å². The molecule has 1 atom stereocenters. The van der Waals surface area contributed by atoms with Gasteiger partial charge in [0, 0.05) is 19.2 Å². The first-order chi connectivity index (χ1) is 9.49. The van der Waals surface area contributed by atoms with Crippen molar-refractivity contribution in [1.29, 1.82) is 0 Å². The van der Waals surface area contributed by atoms with Crippen molar-refractivity contribution in [1.82, 2.24) is 4.90 Å². The largest absolute Gasteiger partial charge is 0.481 e. The van der Waals surface area contributed by atoms with E-state index in [9.17, 15) is 9.59 Å². The van der Waals surface area contributed by atoms with Gasteiger partial charge in [0.25, 0.3) is 0 Å². The minimum absolute atomic E-state index is 0.218. The minimum Gasteiger partial charge on any atom is -0.481 e. The Hall–Kier alpha value is -1.52. The van der Waals surface area contributed by atoms with E-state index < -0.39 is 11.9 Å². The van der Waals surface area contributed by atoms with E-state index in [1.165, 1.54) is 11.0 Å². The number of carboxylic acid groups (broad SMARTS) is 1. The molecule has 0 radical (unpaired) electrons. The summed E-state index contributed by atoms with van der Waals surface area (Å²) in [4.78, 5) is 24.3. The average molecular weight is 314 g/mol. The molecule has 0 aromatic heterocycles. The highest BCUT2D eigenvalue weighted by molar-refractivity contribution is 6.42. The van der Waals surface area contributed by atoms with Crippen molar-refractivity contribution >= 4 is 41.2 Å². The van der Waals surface area contributed by atoms with E-state index in [-0.39, 0.29) is 12.5 Å². The fourth-order valence-electron chi connectivity index (χ4n) is 2.08. The van der Waals surface area contributed by atoms with E-state index in [4.69, 9.17) is 28.3 Å². The van der Waals surface area contributed by atoms with Crippen LogP contribution in [-0.4, -0.2) is 35.0 Å². The third kappa shape index (κ3) is 3.32. The van der Waals surface area contributed by atoms with Gasteiger partial charge in [-0.3, -0.25) is 9.59 Å². The maximum atomic E-state index is 12.0. The predicted octanol–water partition coefficient (Wildman–Crippen LogP) is 2.94. The zero-order valence-electron chi connectivity index (χ0n) is 10.6. The Bertz CT molecular complexity index is 572. The fraction of sp³-hybridized carbons (Fsp3) is 0.286. The summed E-state index contributed by atoms with van der Waals surface area (Å²) < 4.78 is 0. The Morgan fingerprint density at radius 3 is 2.75 bits per heavy atom. The van der Waals surface area contributed by atoms with Crippen molar-refractivity contribution in [3.8, 4) is 0 Å². The molecular weight excluding hydrogens is 301 g/mol. The van der Waals surface area contributed by atoms with Crippen LogP contribution in [0, 0.1) is 5.92 Å². The van der Waals surface area contributed by atoms with Crippen molar-refractivity contribution in [2.45, 2.75) is 6.42 Å². The number of hydrogen-bond acceptors (Lipinski definition) is 2. The molecule has 1 heterocycles. The topological polar surface area (TPSA) is 57.6 Å². The maximum Gasteiger partial charge on any atom is 0.308 e. The number of nitrogens with zero attached hydrogens (tertiary/aromatic N) is 1. The summed E-state index contributed by atoms with van der Waals surface area (Å²) in [5.41, 5.74) is 0.654. The molecule has 1 aromatic carbocycles. The Morgan fingerprint density at radius 1 is 1.35 bits per heavy atom. The number of likely N-dealkylation sites (tertiary alicyclic amines) is 1. The van der Waals surface area contributed by atoms with Crippen LogP contribution in [0.15, 0.2) is 24.3 Å². The second-order valence-electron chi connectivity index (χ2n) is 4.58. The van der Waals surface area contributed by atoms with Crippen LogP contribution in [0.5, 0.6) is 0 Å². The van der Waals surface area contributed by atoms with Crippen molar-refractivity contribution in [2.24, 2.45) is 5.92 Å². The molecular formula is C14H13Cl2NO3. The predicted molar refractivity (Wildman–Crippen MR) is 77.8 cm³/mol. The summed E-state index contributed by atoms with van der Waals surface area (Å²) in [6.07, 6.45) is 3.47. The smallest absolute Gasteiger partial charge is 0.308 e. The zero-order chi connectivity index (χ0) is 14.7. The van der Waals surface area contributed by atoms with Crippen molar-refractivity contribution in [2.75, 3.05) is 13.1 Å². The third-order valence-electron chi connectivity index (χ3n) is 3.24. The Labute approximate surface area is 126 Å². The first-order valence-corrected chi connectivity index (χ1v) is 6.88. The summed E-state index contributed by atoms with van der Waals surface area (Å²) in [5, 5.41) is 9.72. The van der Waals surface area contributed by atoms with Crippen molar-refractivity contribution in [3.63, 3.8) is 0 Å². The third-order valence-corrected chi connectivity index (χ3v) is 4.07. The van der Waals surface area contributed by atoms with Crippen LogP contribution in [0.2, 0.25) is 10.0 Å². The lowest BCUT2D eigenvalue weighted by Gasteiger charge is -2.12. The molecule has 4 nitrogen and oxygen atoms in total. The highest BCUT2D eigenvalue weighted by Crippen LogP contribution is 2.26. The molecule has 106 valence electrons. The van der Waals surface area contributed by atoms with Gasteiger partial charge >= 0.3 is 5.97 Å². The van der Waals surface area contributed by atoms with Gasteiger partial charge in [0.15, 0.2) is 0 Å². The maximum absolute atomic E-state index is 12.0. The number of aliphatic carboxylic acids is 1. The second kappa shape index (κ2) is 6.29. The van der Waals surface area contributed by atoms with Crippen LogP contribution in [0.4, 0.5) is 0 Å². The first kappa shape index (κ1) is 14.9. The van der Waals surface area contributed by atoms with Gasteiger partial charge in [-0.2, -0.15) is 0 Å². The fourth-order valence-corrected chi connectivity index (χ4v) is 2.45. The van der Waals surface area contributed by atoms with Crippen LogP contribution in [0.3, 0.4) is 0 Å². The molecule has 1 aliphatic rings. The summed E-state index contributed by atoms with van der Waals surface area (Å²) in [6.45, 7) is 0.713. The van der Waals surface area contributed by atoms with Crippen LogP contribution in [0.25, 0.3) is 6.08 Å². The molecule has 0 bridgehead atoms. The SMILES string of the molecule is O=C(O)C1CCN(C(=O)C=Cc2cccc(Cl)c2Cl)C1. The zero-order valence-corrected chi connectivity index (χ0v) is 12.1. The molecule has 20 heavy (non-hydrogen) atoms. The van der Waals surface area contributed by atoms with Gasteiger partial charge in [0.1, 0.15) is 0 Å². The number of hydrogen-bond donors (Lipinski definition) is 1. The monoisotopic (exact) mass is 313 g/mol. The van der Waals surface area contributed by atoms with E-state index in [2.05, 4.69) is 0 Å². The highest BCUT2D eigenvalue weighted by atomic mass is 35.5. The molecule has 1 unspecified atom stereocenters. The second-order valence-corrected chi connectivity index (χ2v) is 5.37. The van der Waals surface area contributed by atoms with E-state index >= 15 is 0 Å². The molecule has 1 fully saturated rings. The average Bonchev–Trinajstić information content (AvgIpc) is 2.90. The number of amides is 1. The van der Waals surface area contributed by atoms with E-state index in [1.54, 1.807) is 24.3 Å². The summed E-state index contributed by atoms with van der Waals surface area (Å²) in [6, 6.07) is 5.16. The molecule has 6 heteroatoms. The van der Waals surface area contributed by atoms with Gasteiger partial charge in [-0.15, -0.1) is 0 Å². The molecule has 1 amide bonds. The van der Waals surface area contributed by atoms with Gasteiger partial charge in [-0.25, -0.2) is 0 Å². The highest BCUT2D eigenvalue weighted by Gasteiger charge is 2.29. The molecule has 1 aliphatic heterocycles. The number of carbonyl (C=O) groups is 2. The number of rotatable bonds is 3. The molecule has 1 saturated heterocycles. The number of halogens is 2. The van der Waals surface area contributed by atoms with Crippen molar-refractivity contribution in [3.05, 3.63) is 39.9 Å². The number of carbonyl (C=O) groups excluding carboxylic acids is 1. The Kier molecular flexibility index (Phi) is 4.68. The van der Waals surface area contributed by atoms with Gasteiger partial charge in [-0.1, -0.05) is 35.3 Å². The lowest BCUT2D eigenvalue weighted by atomic mass is 10.1. The van der Waals surface area contributed by atoms with E-state index in [0.29, 0.717) is 28.6 Å². The Morgan fingerprint density at radius 2 is 2.10 bits per heavy atom. The van der Waals surface area contributed by atoms with Crippen molar-refractivity contribution < 1.29 is 14.7 Å². The van der Waals surface area contributed by atoms with Crippen LogP contribution < -0.4 is 0 Å². The van der Waals surface area contributed by atoms with E-state index in [0.717, 1.165) is 0 Å². The summed E-state index contributed by atoms with van der Waals surface area (Å²) in [7, 11) is 0. The quantitative estimate of drug-likeness (QED) is 0.873.